The Morgan fingerprint density at radius 1 is 1.12 bits per heavy atom. The van der Waals surface area contributed by atoms with Gasteiger partial charge in [0, 0.05) is 26.9 Å². The molecular formula is C19H18INO2S2. The van der Waals surface area contributed by atoms with E-state index in [-0.39, 0.29) is 6.09 Å². The molecular weight excluding hydrogens is 465 g/mol. The number of fused-ring (bicyclic) bond motifs is 1. The van der Waals surface area contributed by atoms with Crippen LogP contribution >= 0.6 is 45.7 Å². The maximum atomic E-state index is 12.3. The topological polar surface area (TPSA) is 29.5 Å². The van der Waals surface area contributed by atoms with E-state index in [1.165, 1.54) is 12.7 Å². The summed E-state index contributed by atoms with van der Waals surface area (Å²) < 4.78 is 9.11. The zero-order valence-corrected chi connectivity index (χ0v) is 17.8. The monoisotopic (exact) mass is 483 g/mol. The van der Waals surface area contributed by atoms with Crippen molar-refractivity contribution in [3.8, 4) is 5.75 Å². The minimum absolute atomic E-state index is 0.293. The number of carbonyl (C=O) groups is 1. The van der Waals surface area contributed by atoms with Crippen LogP contribution in [0.15, 0.2) is 57.6 Å². The van der Waals surface area contributed by atoms with Crippen molar-refractivity contribution in [3.63, 3.8) is 0 Å². The average molecular weight is 483 g/mol. The first-order chi connectivity index (χ1) is 12.1. The number of thiophene rings is 1. The summed E-state index contributed by atoms with van der Waals surface area (Å²) in [5.41, 5.74) is 0. The largest absolute Gasteiger partial charge is 0.415 e. The molecule has 0 saturated carbocycles. The van der Waals surface area contributed by atoms with Gasteiger partial charge in [0.05, 0.1) is 8.91 Å². The molecule has 0 unspecified atom stereocenters. The van der Waals surface area contributed by atoms with Crippen LogP contribution in [0.25, 0.3) is 10.1 Å². The molecule has 0 atom stereocenters. The second-order valence-electron chi connectivity index (χ2n) is 5.29. The second kappa shape index (κ2) is 8.42. The maximum Gasteiger partial charge on any atom is 0.415 e. The third kappa shape index (κ3) is 4.12. The van der Waals surface area contributed by atoms with E-state index < -0.39 is 0 Å². The highest BCUT2D eigenvalue weighted by Crippen LogP contribution is 2.45. The van der Waals surface area contributed by atoms with Crippen molar-refractivity contribution in [2.24, 2.45) is 0 Å². The molecule has 0 radical (unpaired) electrons. The number of rotatable bonds is 5. The molecule has 0 bridgehead atoms. The maximum absolute atomic E-state index is 12.3. The third-order valence-corrected chi connectivity index (χ3v) is 8.03. The normalized spacial score (nSPS) is 10.8. The number of carbonyl (C=O) groups excluding carboxylic acids is 1. The lowest BCUT2D eigenvalue weighted by Crippen LogP contribution is -2.33. The summed E-state index contributed by atoms with van der Waals surface area (Å²) in [7, 11) is 0. The third-order valence-electron chi connectivity index (χ3n) is 3.76. The molecule has 130 valence electrons. The van der Waals surface area contributed by atoms with Gasteiger partial charge in [-0.3, -0.25) is 0 Å². The molecule has 0 aliphatic heterocycles. The van der Waals surface area contributed by atoms with Gasteiger partial charge >= 0.3 is 6.09 Å². The molecule has 0 N–H and O–H groups in total. The fourth-order valence-corrected chi connectivity index (χ4v) is 6.00. The number of halogens is 1. The van der Waals surface area contributed by atoms with E-state index in [4.69, 9.17) is 4.74 Å². The first kappa shape index (κ1) is 18.5. The van der Waals surface area contributed by atoms with Crippen molar-refractivity contribution in [2.75, 3.05) is 13.1 Å². The smallest absolute Gasteiger partial charge is 0.409 e. The van der Waals surface area contributed by atoms with E-state index in [9.17, 15) is 4.79 Å². The summed E-state index contributed by atoms with van der Waals surface area (Å²) >= 11 is 5.79. The average Bonchev–Trinajstić information content (AvgIpc) is 2.94. The van der Waals surface area contributed by atoms with Gasteiger partial charge in [-0.1, -0.05) is 42.1 Å². The summed E-state index contributed by atoms with van der Waals surface area (Å²) in [4.78, 5) is 15.2. The van der Waals surface area contributed by atoms with Gasteiger partial charge in [0.1, 0.15) is 0 Å². The fourth-order valence-electron chi connectivity index (χ4n) is 2.42. The minimum atomic E-state index is -0.293. The predicted molar refractivity (Wildman–Crippen MR) is 114 cm³/mol. The van der Waals surface area contributed by atoms with Crippen LogP contribution in [0.1, 0.15) is 13.8 Å². The highest BCUT2D eigenvalue weighted by Gasteiger charge is 2.18. The van der Waals surface area contributed by atoms with E-state index >= 15 is 0 Å². The summed E-state index contributed by atoms with van der Waals surface area (Å²) in [6.45, 7) is 5.19. The van der Waals surface area contributed by atoms with Gasteiger partial charge in [-0.2, -0.15) is 0 Å². The quantitative estimate of drug-likeness (QED) is 0.388. The molecule has 1 amide bonds. The summed E-state index contributed by atoms with van der Waals surface area (Å²) in [6.07, 6.45) is -0.293. The number of ether oxygens (including phenoxy) is 1. The van der Waals surface area contributed by atoms with Gasteiger partial charge in [-0.05, 0) is 54.6 Å². The fraction of sp³-hybridized carbons (Fsp3) is 0.211. The molecule has 1 aromatic heterocycles. The van der Waals surface area contributed by atoms with Crippen LogP contribution in [-0.2, 0) is 0 Å². The Hall–Kier alpha value is -1.25. The van der Waals surface area contributed by atoms with Gasteiger partial charge in [0.25, 0.3) is 0 Å². The molecule has 0 fully saturated rings. The van der Waals surface area contributed by atoms with Crippen LogP contribution in [-0.4, -0.2) is 24.1 Å². The Bertz CT molecular complexity index is 876. The highest BCUT2D eigenvalue weighted by atomic mass is 127. The lowest BCUT2D eigenvalue weighted by atomic mass is 10.2. The molecule has 3 nitrogen and oxygen atoms in total. The molecule has 25 heavy (non-hydrogen) atoms. The first-order valence-electron chi connectivity index (χ1n) is 8.04. The Morgan fingerprint density at radius 3 is 2.52 bits per heavy atom. The Kier molecular flexibility index (Phi) is 6.24. The SMILES string of the molecule is CCN(CC)C(=O)Oc1cccc2c(I)c(Sc3ccccc3)sc12. The van der Waals surface area contributed by atoms with Crippen molar-refractivity contribution >= 4 is 61.9 Å². The molecule has 1 heterocycles. The van der Waals surface area contributed by atoms with E-state index in [1.54, 1.807) is 28.0 Å². The van der Waals surface area contributed by atoms with Crippen LogP contribution in [0, 0.1) is 3.57 Å². The van der Waals surface area contributed by atoms with Crippen LogP contribution < -0.4 is 4.74 Å². The van der Waals surface area contributed by atoms with Gasteiger partial charge < -0.3 is 9.64 Å². The molecule has 3 rings (SSSR count). The summed E-state index contributed by atoms with van der Waals surface area (Å²) in [5.74, 6) is 0.636. The van der Waals surface area contributed by atoms with E-state index in [1.807, 2.05) is 44.2 Å². The number of nitrogens with zero attached hydrogens (tertiary/aromatic N) is 1. The first-order valence-corrected chi connectivity index (χ1v) is 10.8. The minimum Gasteiger partial charge on any atom is -0.409 e. The lowest BCUT2D eigenvalue weighted by Gasteiger charge is -2.18. The molecule has 0 saturated heterocycles. The number of hydrogen-bond donors (Lipinski definition) is 0. The molecule has 3 aromatic rings. The number of benzene rings is 2. The van der Waals surface area contributed by atoms with E-state index in [0.29, 0.717) is 18.8 Å². The molecule has 2 aromatic carbocycles. The van der Waals surface area contributed by atoms with Gasteiger partial charge in [0.2, 0.25) is 0 Å². The van der Waals surface area contributed by atoms with Crippen LogP contribution in [0.5, 0.6) is 5.75 Å². The lowest BCUT2D eigenvalue weighted by molar-refractivity contribution is 0.158. The van der Waals surface area contributed by atoms with Crippen molar-refractivity contribution in [1.82, 2.24) is 4.90 Å². The zero-order chi connectivity index (χ0) is 17.8. The van der Waals surface area contributed by atoms with Crippen LogP contribution in [0.3, 0.4) is 0 Å². The molecule has 0 aliphatic carbocycles. The van der Waals surface area contributed by atoms with E-state index in [2.05, 4.69) is 40.8 Å². The standard InChI is InChI=1S/C19H18INO2S2/c1-3-21(4-2)19(22)23-15-12-8-11-14-16(20)18(25-17(14)15)24-13-9-6-5-7-10-13/h5-12H,3-4H2,1-2H3. The summed E-state index contributed by atoms with van der Waals surface area (Å²) in [5, 5.41) is 1.13. The number of hydrogen-bond acceptors (Lipinski definition) is 4. The molecule has 6 heteroatoms. The van der Waals surface area contributed by atoms with Crippen molar-refractivity contribution < 1.29 is 9.53 Å². The van der Waals surface area contributed by atoms with Crippen molar-refractivity contribution in [2.45, 2.75) is 23.0 Å². The zero-order valence-electron chi connectivity index (χ0n) is 14.0. The van der Waals surface area contributed by atoms with Gasteiger partial charge in [-0.25, -0.2) is 4.79 Å². The molecule has 0 spiro atoms. The summed E-state index contributed by atoms with van der Waals surface area (Å²) in [6, 6.07) is 16.2. The van der Waals surface area contributed by atoms with E-state index in [0.717, 1.165) is 10.1 Å². The second-order valence-corrected chi connectivity index (χ2v) is 8.73. The van der Waals surface area contributed by atoms with Gasteiger partial charge in [-0.15, -0.1) is 11.3 Å². The predicted octanol–water partition coefficient (Wildman–Crippen LogP) is 6.50. The Labute approximate surface area is 169 Å². The highest BCUT2D eigenvalue weighted by molar-refractivity contribution is 14.1. The van der Waals surface area contributed by atoms with Crippen molar-refractivity contribution in [1.29, 1.82) is 0 Å². The van der Waals surface area contributed by atoms with Crippen LogP contribution in [0.2, 0.25) is 0 Å². The Morgan fingerprint density at radius 2 is 1.84 bits per heavy atom. The van der Waals surface area contributed by atoms with Crippen LogP contribution in [0.4, 0.5) is 4.79 Å². The number of amides is 1. The Balaban J connectivity index is 1.93. The van der Waals surface area contributed by atoms with Gasteiger partial charge in [0.15, 0.2) is 5.75 Å². The molecule has 0 aliphatic rings. The van der Waals surface area contributed by atoms with Crippen molar-refractivity contribution in [3.05, 3.63) is 52.1 Å².